The third kappa shape index (κ3) is 5.04. The zero-order valence-corrected chi connectivity index (χ0v) is 14.5. The van der Waals surface area contributed by atoms with Crippen LogP contribution in [0.4, 0.5) is 5.13 Å². The number of nitrogens with zero attached hydrogens (tertiary/aromatic N) is 1. The summed E-state index contributed by atoms with van der Waals surface area (Å²) in [6, 6.07) is 7.40. The van der Waals surface area contributed by atoms with Gasteiger partial charge in [0.15, 0.2) is 5.13 Å². The number of thiazole rings is 1. The Morgan fingerprint density at radius 2 is 2.17 bits per heavy atom. The van der Waals surface area contributed by atoms with Crippen molar-refractivity contribution in [3.05, 3.63) is 45.4 Å². The second-order valence-electron chi connectivity index (χ2n) is 4.83. The number of carbonyl (C=O) groups excluding carboxylic acids is 2. The molecule has 0 spiro atoms. The number of amides is 1. The summed E-state index contributed by atoms with van der Waals surface area (Å²) in [5, 5.41) is 3.77. The average molecular weight is 353 g/mol. The molecule has 0 aliphatic heterocycles. The van der Waals surface area contributed by atoms with E-state index in [9.17, 15) is 9.59 Å². The van der Waals surface area contributed by atoms with Crippen molar-refractivity contribution in [2.75, 3.05) is 11.9 Å². The molecule has 0 unspecified atom stereocenters. The van der Waals surface area contributed by atoms with E-state index in [1.54, 1.807) is 19.9 Å². The molecule has 122 valence electrons. The molecule has 0 aliphatic rings. The molecule has 2 rings (SSSR count). The van der Waals surface area contributed by atoms with Crippen LogP contribution in [0.5, 0.6) is 0 Å². The minimum absolute atomic E-state index is 0.158. The quantitative estimate of drug-likeness (QED) is 0.802. The Labute approximate surface area is 143 Å². The van der Waals surface area contributed by atoms with Crippen LogP contribution in [0.15, 0.2) is 24.3 Å². The Balaban J connectivity index is 1.93. The average Bonchev–Trinajstić information content (AvgIpc) is 2.86. The minimum atomic E-state index is -0.415. The van der Waals surface area contributed by atoms with Crippen molar-refractivity contribution in [1.29, 1.82) is 0 Å². The van der Waals surface area contributed by atoms with Gasteiger partial charge in [0.25, 0.3) is 0 Å². The van der Waals surface area contributed by atoms with Crippen LogP contribution < -0.4 is 5.32 Å². The molecule has 1 amide bonds. The summed E-state index contributed by atoms with van der Waals surface area (Å²) in [6.45, 7) is 3.76. The summed E-state index contributed by atoms with van der Waals surface area (Å²) in [7, 11) is 0. The first kappa shape index (κ1) is 17.4. The monoisotopic (exact) mass is 352 g/mol. The van der Waals surface area contributed by atoms with Crippen LogP contribution in [-0.2, 0) is 16.0 Å². The van der Waals surface area contributed by atoms with E-state index in [4.69, 9.17) is 16.3 Å². The Hall–Kier alpha value is -1.92. The van der Waals surface area contributed by atoms with Gasteiger partial charge in [-0.2, -0.15) is 0 Å². The highest BCUT2D eigenvalue weighted by molar-refractivity contribution is 7.17. The number of hydrogen-bond acceptors (Lipinski definition) is 5. The summed E-state index contributed by atoms with van der Waals surface area (Å²) >= 11 is 7.03. The van der Waals surface area contributed by atoms with Crippen molar-refractivity contribution in [3.8, 4) is 0 Å². The highest BCUT2D eigenvalue weighted by atomic mass is 35.5. The fourth-order valence-electron chi connectivity index (χ4n) is 1.97. The van der Waals surface area contributed by atoms with Crippen LogP contribution in [-0.4, -0.2) is 23.5 Å². The molecule has 5 nitrogen and oxygen atoms in total. The number of aryl methyl sites for hydroxylation is 2. The van der Waals surface area contributed by atoms with Crippen molar-refractivity contribution < 1.29 is 14.3 Å². The molecule has 0 saturated carbocycles. The highest BCUT2D eigenvalue weighted by Crippen LogP contribution is 2.23. The second kappa shape index (κ2) is 8.08. The van der Waals surface area contributed by atoms with Gasteiger partial charge in [0.1, 0.15) is 4.88 Å². The van der Waals surface area contributed by atoms with Gasteiger partial charge in [-0.05, 0) is 38.0 Å². The lowest BCUT2D eigenvalue weighted by atomic mass is 10.1. The van der Waals surface area contributed by atoms with Gasteiger partial charge in [-0.25, -0.2) is 9.78 Å². The SMILES string of the molecule is CCOC(=O)c1sc(NC(=O)CCc2cccc(Cl)c2)nc1C. The lowest BCUT2D eigenvalue weighted by molar-refractivity contribution is -0.116. The topological polar surface area (TPSA) is 68.3 Å². The van der Waals surface area contributed by atoms with Gasteiger partial charge < -0.3 is 10.1 Å². The van der Waals surface area contributed by atoms with Gasteiger partial charge in [-0.1, -0.05) is 35.1 Å². The first-order chi connectivity index (χ1) is 11.0. The first-order valence-corrected chi connectivity index (χ1v) is 8.38. The van der Waals surface area contributed by atoms with Crippen molar-refractivity contribution in [2.24, 2.45) is 0 Å². The largest absolute Gasteiger partial charge is 0.462 e. The predicted molar refractivity (Wildman–Crippen MR) is 91.2 cm³/mol. The van der Waals surface area contributed by atoms with Gasteiger partial charge in [0.2, 0.25) is 5.91 Å². The van der Waals surface area contributed by atoms with E-state index in [0.717, 1.165) is 16.9 Å². The minimum Gasteiger partial charge on any atom is -0.462 e. The van der Waals surface area contributed by atoms with Crippen LogP contribution in [0.2, 0.25) is 5.02 Å². The van der Waals surface area contributed by atoms with E-state index in [1.807, 2.05) is 18.2 Å². The zero-order valence-electron chi connectivity index (χ0n) is 12.9. The van der Waals surface area contributed by atoms with E-state index >= 15 is 0 Å². The number of benzene rings is 1. The molecule has 0 radical (unpaired) electrons. The Morgan fingerprint density at radius 3 is 2.87 bits per heavy atom. The third-order valence-electron chi connectivity index (χ3n) is 3.03. The Bertz CT molecular complexity index is 715. The molecule has 7 heteroatoms. The number of hydrogen-bond donors (Lipinski definition) is 1. The van der Waals surface area contributed by atoms with Crippen LogP contribution in [0.3, 0.4) is 0 Å². The maximum absolute atomic E-state index is 12.0. The summed E-state index contributed by atoms with van der Waals surface area (Å²) in [5.41, 5.74) is 1.55. The molecule has 0 saturated heterocycles. The van der Waals surface area contributed by atoms with Crippen LogP contribution in [0.25, 0.3) is 0 Å². The van der Waals surface area contributed by atoms with Crippen molar-refractivity contribution in [3.63, 3.8) is 0 Å². The number of nitrogens with one attached hydrogen (secondary N) is 1. The lowest BCUT2D eigenvalue weighted by Crippen LogP contribution is -2.12. The molecule has 1 aromatic heterocycles. The van der Waals surface area contributed by atoms with E-state index in [-0.39, 0.29) is 5.91 Å². The fourth-order valence-corrected chi connectivity index (χ4v) is 3.06. The van der Waals surface area contributed by atoms with Crippen LogP contribution >= 0.6 is 22.9 Å². The number of carbonyl (C=O) groups is 2. The van der Waals surface area contributed by atoms with E-state index in [2.05, 4.69) is 10.3 Å². The number of anilines is 1. The van der Waals surface area contributed by atoms with Gasteiger partial charge >= 0.3 is 5.97 Å². The Kier molecular flexibility index (Phi) is 6.12. The third-order valence-corrected chi connectivity index (χ3v) is 4.32. The number of aromatic nitrogens is 1. The number of rotatable bonds is 6. The maximum atomic E-state index is 12.0. The number of esters is 1. The zero-order chi connectivity index (χ0) is 16.8. The molecule has 2 aromatic rings. The normalized spacial score (nSPS) is 10.4. The molecule has 0 aliphatic carbocycles. The van der Waals surface area contributed by atoms with Crippen molar-refractivity contribution >= 4 is 39.9 Å². The predicted octanol–water partition coefficient (Wildman–Crippen LogP) is 3.85. The molecular weight excluding hydrogens is 336 g/mol. The van der Waals surface area contributed by atoms with Crippen LogP contribution in [0, 0.1) is 6.92 Å². The van der Waals surface area contributed by atoms with E-state index in [0.29, 0.717) is 40.2 Å². The highest BCUT2D eigenvalue weighted by Gasteiger charge is 2.17. The fraction of sp³-hybridized carbons (Fsp3) is 0.312. The van der Waals surface area contributed by atoms with Gasteiger partial charge in [0, 0.05) is 11.4 Å². The van der Waals surface area contributed by atoms with Gasteiger partial charge in [-0.15, -0.1) is 0 Å². The second-order valence-corrected chi connectivity index (χ2v) is 6.27. The molecule has 0 fully saturated rings. The summed E-state index contributed by atoms with van der Waals surface area (Å²) in [6.07, 6.45) is 0.898. The first-order valence-electron chi connectivity index (χ1n) is 7.18. The van der Waals surface area contributed by atoms with E-state index in [1.165, 1.54) is 0 Å². The summed E-state index contributed by atoms with van der Waals surface area (Å²) in [4.78, 5) is 28.3. The van der Waals surface area contributed by atoms with Gasteiger partial charge in [-0.3, -0.25) is 4.79 Å². The molecule has 0 bridgehead atoms. The Morgan fingerprint density at radius 1 is 1.39 bits per heavy atom. The molecule has 0 atom stereocenters. The van der Waals surface area contributed by atoms with E-state index < -0.39 is 5.97 Å². The van der Waals surface area contributed by atoms with Crippen molar-refractivity contribution in [1.82, 2.24) is 4.98 Å². The smallest absolute Gasteiger partial charge is 0.350 e. The number of ether oxygens (including phenoxy) is 1. The number of halogens is 1. The molecular formula is C16H17ClN2O3S. The molecule has 23 heavy (non-hydrogen) atoms. The summed E-state index contributed by atoms with van der Waals surface area (Å²) in [5.74, 6) is -0.573. The lowest BCUT2D eigenvalue weighted by Gasteiger charge is -2.02. The molecule has 1 aromatic carbocycles. The summed E-state index contributed by atoms with van der Waals surface area (Å²) < 4.78 is 4.95. The van der Waals surface area contributed by atoms with Crippen LogP contribution in [0.1, 0.15) is 34.3 Å². The molecule has 1 heterocycles. The maximum Gasteiger partial charge on any atom is 0.350 e. The standard InChI is InChI=1S/C16H17ClN2O3S/c1-3-22-15(21)14-10(2)18-16(23-14)19-13(20)8-7-11-5-4-6-12(17)9-11/h4-6,9H,3,7-8H2,1-2H3,(H,18,19,20). The van der Waals surface area contributed by atoms with Gasteiger partial charge in [0.05, 0.1) is 12.3 Å². The molecule has 1 N–H and O–H groups in total. The van der Waals surface area contributed by atoms with Crippen molar-refractivity contribution in [2.45, 2.75) is 26.7 Å².